The lowest BCUT2D eigenvalue weighted by molar-refractivity contribution is 0.392. The van der Waals surface area contributed by atoms with Crippen LogP contribution in [0.1, 0.15) is 38.3 Å². The molecular weight excluding hydrogens is 320 g/mol. The van der Waals surface area contributed by atoms with Crippen LogP contribution >= 0.6 is 0 Å². The lowest BCUT2D eigenvalue weighted by atomic mass is 9.75. The Morgan fingerprint density at radius 1 is 1.04 bits per heavy atom. The summed E-state index contributed by atoms with van der Waals surface area (Å²) in [6, 6.07) is 19.3. The molecule has 0 bridgehead atoms. The summed E-state index contributed by atoms with van der Waals surface area (Å²) in [5.41, 5.74) is 9.16. The fraction of sp³-hybridized carbons (Fsp3) is 0.409. The van der Waals surface area contributed by atoms with Crippen molar-refractivity contribution >= 4 is 17.2 Å². The van der Waals surface area contributed by atoms with Gasteiger partial charge in [0.1, 0.15) is 5.84 Å². The predicted molar refractivity (Wildman–Crippen MR) is 112 cm³/mol. The van der Waals surface area contributed by atoms with Crippen molar-refractivity contribution in [3.63, 3.8) is 0 Å². The molecule has 4 heteroatoms. The molecule has 0 amide bonds. The number of para-hydroxylation sites is 2. The van der Waals surface area contributed by atoms with Crippen molar-refractivity contribution in [3.8, 4) is 0 Å². The smallest absolute Gasteiger partial charge is 0.109 e. The second kappa shape index (κ2) is 7.92. The third-order valence-corrected chi connectivity index (χ3v) is 5.24. The number of aliphatic imine (C=N–C) groups is 1. The molecule has 0 saturated heterocycles. The Balaban J connectivity index is 2.00. The van der Waals surface area contributed by atoms with Gasteiger partial charge in [-0.05, 0) is 43.1 Å². The number of anilines is 2. The minimum Gasteiger partial charge on any atom is -0.366 e. The molecule has 2 aromatic rings. The molecule has 0 aliphatic carbocycles. The molecule has 1 aliphatic heterocycles. The predicted octanol–water partition coefficient (Wildman–Crippen LogP) is 4.45. The third kappa shape index (κ3) is 3.61. The number of nitrogens with zero attached hydrogens (tertiary/aromatic N) is 2. The Bertz CT molecular complexity index is 752. The summed E-state index contributed by atoms with van der Waals surface area (Å²) in [6.07, 6.45) is 2.04. The third-order valence-electron chi connectivity index (χ3n) is 5.24. The highest BCUT2D eigenvalue weighted by Gasteiger charge is 2.43. The molecule has 0 aromatic heterocycles. The molecule has 1 heterocycles. The van der Waals surface area contributed by atoms with Gasteiger partial charge in [-0.1, -0.05) is 50.2 Å². The van der Waals surface area contributed by atoms with Gasteiger partial charge in [0, 0.05) is 30.4 Å². The van der Waals surface area contributed by atoms with Crippen LogP contribution in [0.15, 0.2) is 59.6 Å². The van der Waals surface area contributed by atoms with Gasteiger partial charge in [0.05, 0.1) is 6.04 Å². The van der Waals surface area contributed by atoms with Gasteiger partial charge in [0.15, 0.2) is 0 Å². The molecule has 0 fully saturated rings. The van der Waals surface area contributed by atoms with Crippen molar-refractivity contribution in [2.45, 2.75) is 32.7 Å². The van der Waals surface area contributed by atoms with Crippen molar-refractivity contribution in [1.82, 2.24) is 0 Å². The molecule has 0 radical (unpaired) electrons. The number of hydrogen-bond acceptors (Lipinski definition) is 3. The van der Waals surface area contributed by atoms with Crippen LogP contribution in [-0.2, 0) is 0 Å². The Kier molecular flexibility index (Phi) is 5.62. The SMILES string of the molecule is CN(c1ccccc1)C1c2ccccc2NC(=NCCCCN)C1(C)C. The number of unbranched alkanes of at least 4 members (excludes halogenated alkanes) is 1. The molecule has 3 N–H and O–H groups in total. The minimum absolute atomic E-state index is 0.137. The summed E-state index contributed by atoms with van der Waals surface area (Å²) in [5, 5.41) is 3.59. The first-order valence-corrected chi connectivity index (χ1v) is 9.44. The average Bonchev–Trinajstić information content (AvgIpc) is 2.65. The number of rotatable bonds is 6. The van der Waals surface area contributed by atoms with E-state index in [1.54, 1.807) is 0 Å². The molecule has 1 unspecified atom stereocenters. The van der Waals surface area contributed by atoms with Crippen LogP contribution in [0.4, 0.5) is 11.4 Å². The molecule has 26 heavy (non-hydrogen) atoms. The molecule has 1 atom stereocenters. The topological polar surface area (TPSA) is 53.6 Å². The van der Waals surface area contributed by atoms with Gasteiger partial charge in [0.2, 0.25) is 0 Å². The summed E-state index contributed by atoms with van der Waals surface area (Å²) in [6.45, 7) is 6.10. The van der Waals surface area contributed by atoms with E-state index in [1.165, 1.54) is 11.3 Å². The number of amidine groups is 1. The van der Waals surface area contributed by atoms with Crippen molar-refractivity contribution in [2.24, 2.45) is 16.1 Å². The van der Waals surface area contributed by atoms with Crippen molar-refractivity contribution in [2.75, 3.05) is 30.4 Å². The maximum atomic E-state index is 5.62. The van der Waals surface area contributed by atoms with E-state index in [2.05, 4.69) is 85.7 Å². The zero-order chi connectivity index (χ0) is 18.6. The van der Waals surface area contributed by atoms with Gasteiger partial charge >= 0.3 is 0 Å². The summed E-state index contributed by atoms with van der Waals surface area (Å²) in [7, 11) is 2.18. The van der Waals surface area contributed by atoms with Gasteiger partial charge in [-0.25, -0.2) is 0 Å². The molecule has 2 aromatic carbocycles. The zero-order valence-corrected chi connectivity index (χ0v) is 16.1. The van der Waals surface area contributed by atoms with Crippen molar-refractivity contribution in [1.29, 1.82) is 0 Å². The van der Waals surface area contributed by atoms with E-state index in [9.17, 15) is 0 Å². The van der Waals surface area contributed by atoms with E-state index < -0.39 is 0 Å². The first-order valence-electron chi connectivity index (χ1n) is 9.44. The molecule has 1 aliphatic rings. The molecule has 0 spiro atoms. The van der Waals surface area contributed by atoms with Crippen LogP contribution in [-0.4, -0.2) is 26.0 Å². The van der Waals surface area contributed by atoms with E-state index in [0.29, 0.717) is 0 Å². The Morgan fingerprint density at radius 3 is 2.46 bits per heavy atom. The van der Waals surface area contributed by atoms with E-state index in [-0.39, 0.29) is 11.5 Å². The molecular formula is C22H30N4. The largest absolute Gasteiger partial charge is 0.366 e. The summed E-state index contributed by atoms with van der Waals surface area (Å²) in [5.74, 6) is 1.06. The molecule has 4 nitrogen and oxygen atoms in total. The van der Waals surface area contributed by atoms with Crippen LogP contribution < -0.4 is 16.0 Å². The van der Waals surface area contributed by atoms with Crippen LogP contribution in [0.2, 0.25) is 0 Å². The Morgan fingerprint density at radius 2 is 1.73 bits per heavy atom. The summed E-state index contributed by atoms with van der Waals surface area (Å²) >= 11 is 0. The monoisotopic (exact) mass is 350 g/mol. The number of hydrogen-bond donors (Lipinski definition) is 2. The lowest BCUT2D eigenvalue weighted by Gasteiger charge is -2.46. The van der Waals surface area contributed by atoms with Crippen molar-refractivity contribution in [3.05, 3.63) is 60.2 Å². The van der Waals surface area contributed by atoms with Crippen molar-refractivity contribution < 1.29 is 0 Å². The van der Waals surface area contributed by atoms with Gasteiger partial charge in [-0.15, -0.1) is 0 Å². The van der Waals surface area contributed by atoms with Gasteiger partial charge in [-0.2, -0.15) is 0 Å². The second-order valence-corrected chi connectivity index (χ2v) is 7.51. The average molecular weight is 351 g/mol. The second-order valence-electron chi connectivity index (χ2n) is 7.51. The molecule has 138 valence electrons. The quantitative estimate of drug-likeness (QED) is 0.757. The minimum atomic E-state index is -0.137. The van der Waals surface area contributed by atoms with Crippen LogP contribution in [0.25, 0.3) is 0 Å². The molecule has 0 saturated carbocycles. The van der Waals surface area contributed by atoms with E-state index in [4.69, 9.17) is 10.7 Å². The van der Waals surface area contributed by atoms with Crippen LogP contribution in [0.5, 0.6) is 0 Å². The lowest BCUT2D eigenvalue weighted by Crippen LogP contribution is -2.47. The number of nitrogens with one attached hydrogen (secondary N) is 1. The standard InChI is InChI=1S/C22H30N4/c1-22(2)20(26(3)17-11-5-4-6-12-17)18-13-7-8-14-19(18)25-21(22)24-16-10-9-15-23/h4-8,11-14,20H,9-10,15-16,23H2,1-3H3,(H,24,25). The van der Waals surface area contributed by atoms with Gasteiger partial charge in [-0.3, -0.25) is 4.99 Å². The number of fused-ring (bicyclic) bond motifs is 1. The zero-order valence-electron chi connectivity index (χ0n) is 16.1. The van der Waals surface area contributed by atoms with E-state index in [0.717, 1.165) is 37.5 Å². The van der Waals surface area contributed by atoms with E-state index in [1.807, 2.05) is 0 Å². The number of benzene rings is 2. The van der Waals surface area contributed by atoms with E-state index >= 15 is 0 Å². The fourth-order valence-electron chi connectivity index (χ4n) is 3.85. The first-order chi connectivity index (χ1) is 12.6. The summed E-state index contributed by atoms with van der Waals surface area (Å²) < 4.78 is 0. The normalized spacial score (nSPS) is 19.7. The Labute approximate surface area is 157 Å². The molecule has 3 rings (SSSR count). The maximum Gasteiger partial charge on any atom is 0.109 e. The highest BCUT2D eigenvalue weighted by atomic mass is 15.2. The van der Waals surface area contributed by atoms with Gasteiger partial charge < -0.3 is 16.0 Å². The highest BCUT2D eigenvalue weighted by molar-refractivity contribution is 6.03. The fourth-order valence-corrected chi connectivity index (χ4v) is 3.85. The summed E-state index contributed by atoms with van der Waals surface area (Å²) in [4.78, 5) is 7.29. The van der Waals surface area contributed by atoms with Crippen LogP contribution in [0, 0.1) is 5.41 Å². The van der Waals surface area contributed by atoms with Crippen LogP contribution in [0.3, 0.4) is 0 Å². The Hall–Kier alpha value is -2.33. The maximum absolute atomic E-state index is 5.62. The number of nitrogens with two attached hydrogens (primary N) is 1. The highest BCUT2D eigenvalue weighted by Crippen LogP contribution is 2.47. The first kappa shape index (κ1) is 18.5. The van der Waals surface area contributed by atoms with Gasteiger partial charge in [0.25, 0.3) is 0 Å².